The molecule has 1 amide bonds. The lowest BCUT2D eigenvalue weighted by molar-refractivity contribution is -0.136. The summed E-state index contributed by atoms with van der Waals surface area (Å²) in [7, 11) is 0. The van der Waals surface area contributed by atoms with E-state index in [9.17, 15) is 18.0 Å². The second kappa shape index (κ2) is 8.69. The summed E-state index contributed by atoms with van der Waals surface area (Å²) in [4.78, 5) is 18.6. The van der Waals surface area contributed by atoms with Gasteiger partial charge in [-0.05, 0) is 37.1 Å². The molecule has 0 bridgehead atoms. The summed E-state index contributed by atoms with van der Waals surface area (Å²) >= 11 is 0. The van der Waals surface area contributed by atoms with Crippen molar-refractivity contribution < 1.29 is 18.0 Å². The standard InChI is InChI=1S/C19H22F3N3O/c1-3-11-25(12-4-2)14-9-10-23-17(13-14)18(26)24-16-8-6-5-7-15(16)19(20,21)22/h5-10,13H,3-4,11-12H2,1-2H3,(H,24,26). The first kappa shape index (κ1) is 19.8. The molecule has 0 aliphatic carbocycles. The number of nitrogens with zero attached hydrogens (tertiary/aromatic N) is 2. The summed E-state index contributed by atoms with van der Waals surface area (Å²) < 4.78 is 39.2. The number of hydrogen-bond acceptors (Lipinski definition) is 3. The molecule has 1 N–H and O–H groups in total. The Balaban J connectivity index is 2.25. The second-order valence-corrected chi connectivity index (χ2v) is 5.88. The number of para-hydroxylation sites is 1. The summed E-state index contributed by atoms with van der Waals surface area (Å²) in [6.07, 6.45) is -1.15. The van der Waals surface area contributed by atoms with Crippen LogP contribution in [0.3, 0.4) is 0 Å². The summed E-state index contributed by atoms with van der Waals surface area (Å²) in [6, 6.07) is 8.29. The lowest BCUT2D eigenvalue weighted by Crippen LogP contribution is -2.25. The van der Waals surface area contributed by atoms with E-state index >= 15 is 0 Å². The summed E-state index contributed by atoms with van der Waals surface area (Å²) in [5.41, 5.74) is -0.256. The molecule has 2 aromatic rings. The number of carbonyl (C=O) groups excluding carboxylic acids is 1. The van der Waals surface area contributed by atoms with Crippen molar-refractivity contribution in [3.63, 3.8) is 0 Å². The Kier molecular flexibility index (Phi) is 6.60. The molecule has 1 aromatic heterocycles. The van der Waals surface area contributed by atoms with E-state index in [-0.39, 0.29) is 11.4 Å². The molecule has 0 aliphatic heterocycles. The number of benzene rings is 1. The Morgan fingerprint density at radius 2 is 1.77 bits per heavy atom. The van der Waals surface area contributed by atoms with Gasteiger partial charge in [-0.15, -0.1) is 0 Å². The summed E-state index contributed by atoms with van der Waals surface area (Å²) in [6.45, 7) is 5.78. The van der Waals surface area contributed by atoms with E-state index < -0.39 is 17.6 Å². The predicted octanol–water partition coefficient (Wildman–Crippen LogP) is 4.98. The fourth-order valence-electron chi connectivity index (χ4n) is 2.68. The highest BCUT2D eigenvalue weighted by atomic mass is 19.4. The number of nitrogens with one attached hydrogen (secondary N) is 1. The average molecular weight is 365 g/mol. The van der Waals surface area contributed by atoms with Crippen molar-refractivity contribution >= 4 is 17.3 Å². The molecular formula is C19H22F3N3O. The maximum absolute atomic E-state index is 13.1. The Morgan fingerprint density at radius 1 is 1.12 bits per heavy atom. The average Bonchev–Trinajstić information content (AvgIpc) is 2.61. The van der Waals surface area contributed by atoms with Crippen LogP contribution < -0.4 is 10.2 Å². The van der Waals surface area contributed by atoms with Crippen LogP contribution in [0.15, 0.2) is 42.6 Å². The molecule has 7 heteroatoms. The van der Waals surface area contributed by atoms with Gasteiger partial charge < -0.3 is 10.2 Å². The van der Waals surface area contributed by atoms with Gasteiger partial charge in [0.15, 0.2) is 0 Å². The van der Waals surface area contributed by atoms with Crippen molar-refractivity contribution in [3.05, 3.63) is 53.9 Å². The fourth-order valence-corrected chi connectivity index (χ4v) is 2.68. The fraction of sp³-hybridized carbons (Fsp3) is 0.368. The quantitative estimate of drug-likeness (QED) is 0.753. The molecule has 0 saturated carbocycles. The van der Waals surface area contributed by atoms with Crippen molar-refractivity contribution in [3.8, 4) is 0 Å². The molecule has 1 heterocycles. The van der Waals surface area contributed by atoms with Gasteiger partial charge in [0.05, 0.1) is 11.3 Å². The Morgan fingerprint density at radius 3 is 2.38 bits per heavy atom. The number of alkyl halides is 3. The maximum atomic E-state index is 13.1. The molecule has 26 heavy (non-hydrogen) atoms. The number of carbonyl (C=O) groups is 1. The van der Waals surface area contributed by atoms with Crippen molar-refractivity contribution in [2.24, 2.45) is 0 Å². The third-order valence-corrected chi connectivity index (χ3v) is 3.81. The molecule has 0 atom stereocenters. The third-order valence-electron chi connectivity index (χ3n) is 3.81. The first-order valence-corrected chi connectivity index (χ1v) is 8.55. The minimum absolute atomic E-state index is 0.0803. The Bertz CT molecular complexity index is 741. The van der Waals surface area contributed by atoms with Crippen LogP contribution in [-0.4, -0.2) is 24.0 Å². The molecule has 0 unspecified atom stereocenters. The van der Waals surface area contributed by atoms with Gasteiger partial charge in [-0.25, -0.2) is 0 Å². The van der Waals surface area contributed by atoms with Crippen LogP contribution in [0.4, 0.5) is 24.5 Å². The highest BCUT2D eigenvalue weighted by Gasteiger charge is 2.33. The first-order chi connectivity index (χ1) is 12.4. The van der Waals surface area contributed by atoms with Gasteiger partial charge in [-0.2, -0.15) is 13.2 Å². The minimum Gasteiger partial charge on any atom is -0.371 e. The zero-order chi connectivity index (χ0) is 19.2. The van der Waals surface area contributed by atoms with Gasteiger partial charge in [-0.1, -0.05) is 26.0 Å². The molecule has 0 radical (unpaired) electrons. The molecule has 140 valence electrons. The predicted molar refractivity (Wildman–Crippen MR) is 96.4 cm³/mol. The molecule has 0 aliphatic rings. The number of rotatable bonds is 7. The Labute approximate surface area is 151 Å². The zero-order valence-corrected chi connectivity index (χ0v) is 14.8. The molecule has 4 nitrogen and oxygen atoms in total. The summed E-state index contributed by atoms with van der Waals surface area (Å²) in [5, 5.41) is 2.32. The minimum atomic E-state index is -4.54. The third kappa shape index (κ3) is 4.97. The van der Waals surface area contributed by atoms with E-state index in [1.165, 1.54) is 24.4 Å². The van der Waals surface area contributed by atoms with Crippen LogP contribution in [-0.2, 0) is 6.18 Å². The highest BCUT2D eigenvalue weighted by molar-refractivity contribution is 6.03. The van der Waals surface area contributed by atoms with Crippen LogP contribution in [0.1, 0.15) is 42.7 Å². The number of halogens is 3. The monoisotopic (exact) mass is 365 g/mol. The zero-order valence-electron chi connectivity index (χ0n) is 14.8. The number of amides is 1. The van der Waals surface area contributed by atoms with Gasteiger partial charge in [0.1, 0.15) is 5.69 Å². The lowest BCUT2D eigenvalue weighted by atomic mass is 10.1. The van der Waals surface area contributed by atoms with E-state index in [1.807, 2.05) is 0 Å². The second-order valence-electron chi connectivity index (χ2n) is 5.88. The van der Waals surface area contributed by atoms with Gasteiger partial charge >= 0.3 is 6.18 Å². The SMILES string of the molecule is CCCN(CCC)c1ccnc(C(=O)Nc2ccccc2C(F)(F)F)c1. The molecule has 0 spiro atoms. The van der Waals surface area contributed by atoms with Crippen LogP contribution >= 0.6 is 0 Å². The van der Waals surface area contributed by atoms with E-state index in [0.29, 0.717) is 0 Å². The summed E-state index contributed by atoms with van der Waals surface area (Å²) in [5.74, 6) is -0.670. The van der Waals surface area contributed by atoms with Gasteiger partial charge in [0.2, 0.25) is 0 Å². The lowest BCUT2D eigenvalue weighted by Gasteiger charge is -2.24. The topological polar surface area (TPSA) is 45.2 Å². The normalized spacial score (nSPS) is 11.3. The van der Waals surface area contributed by atoms with Crippen molar-refractivity contribution in [2.45, 2.75) is 32.9 Å². The largest absolute Gasteiger partial charge is 0.418 e. The number of hydrogen-bond donors (Lipinski definition) is 1. The van der Waals surface area contributed by atoms with E-state index in [0.717, 1.165) is 37.7 Å². The van der Waals surface area contributed by atoms with E-state index in [1.54, 1.807) is 12.1 Å². The molecule has 0 saturated heterocycles. The molecular weight excluding hydrogens is 343 g/mol. The van der Waals surface area contributed by atoms with Gasteiger partial charge in [0, 0.05) is 25.0 Å². The van der Waals surface area contributed by atoms with Crippen molar-refractivity contribution in [2.75, 3.05) is 23.3 Å². The van der Waals surface area contributed by atoms with E-state index in [2.05, 4.69) is 29.0 Å². The van der Waals surface area contributed by atoms with Crippen LogP contribution in [0.25, 0.3) is 0 Å². The van der Waals surface area contributed by atoms with Crippen LogP contribution in [0.2, 0.25) is 0 Å². The Hall–Kier alpha value is -2.57. The van der Waals surface area contributed by atoms with Crippen molar-refractivity contribution in [1.29, 1.82) is 0 Å². The first-order valence-electron chi connectivity index (χ1n) is 8.55. The van der Waals surface area contributed by atoms with Gasteiger partial charge in [0.25, 0.3) is 5.91 Å². The highest BCUT2D eigenvalue weighted by Crippen LogP contribution is 2.34. The molecule has 0 fully saturated rings. The van der Waals surface area contributed by atoms with E-state index in [4.69, 9.17) is 0 Å². The smallest absolute Gasteiger partial charge is 0.371 e. The molecule has 2 rings (SSSR count). The van der Waals surface area contributed by atoms with Crippen molar-refractivity contribution in [1.82, 2.24) is 4.98 Å². The van der Waals surface area contributed by atoms with Gasteiger partial charge in [-0.3, -0.25) is 9.78 Å². The number of aromatic nitrogens is 1. The molecule has 1 aromatic carbocycles. The number of anilines is 2. The van der Waals surface area contributed by atoms with Crippen LogP contribution in [0, 0.1) is 0 Å². The number of pyridine rings is 1. The maximum Gasteiger partial charge on any atom is 0.418 e. The van der Waals surface area contributed by atoms with Crippen LogP contribution in [0.5, 0.6) is 0 Å².